The van der Waals surface area contributed by atoms with Crippen LogP contribution in [-0.4, -0.2) is 35.1 Å². The fourth-order valence-corrected chi connectivity index (χ4v) is 3.92. The average molecular weight is 427 g/mol. The number of sulfonamides is 1. The Kier molecular flexibility index (Phi) is 7.68. The highest BCUT2D eigenvalue weighted by Gasteiger charge is 2.17. The molecule has 2 aromatic carbocycles. The zero-order chi connectivity index (χ0) is 20.7. The number of hydrogen-bond acceptors (Lipinski definition) is 5. The lowest BCUT2D eigenvalue weighted by Crippen LogP contribution is -2.32. The molecule has 0 radical (unpaired) electrons. The van der Waals surface area contributed by atoms with E-state index in [1.807, 2.05) is 6.92 Å². The van der Waals surface area contributed by atoms with Crippen molar-refractivity contribution in [3.05, 3.63) is 53.1 Å². The Morgan fingerprint density at radius 3 is 2.54 bits per heavy atom. The van der Waals surface area contributed by atoms with Crippen molar-refractivity contribution in [3.63, 3.8) is 0 Å². The molecule has 0 fully saturated rings. The first-order valence-electron chi connectivity index (χ1n) is 8.53. The summed E-state index contributed by atoms with van der Waals surface area (Å²) in [6.07, 6.45) is -0.0174. The highest BCUT2D eigenvalue weighted by Crippen LogP contribution is 2.29. The van der Waals surface area contributed by atoms with Crippen LogP contribution >= 0.6 is 11.6 Å². The monoisotopic (exact) mass is 426 g/mol. The molecule has 0 saturated heterocycles. The molecule has 0 aliphatic heterocycles. The van der Waals surface area contributed by atoms with E-state index in [1.54, 1.807) is 44.6 Å². The fourth-order valence-electron chi connectivity index (χ4n) is 2.59. The topological polar surface area (TPSA) is 93.7 Å². The standard InChI is InChI=1S/C19H23ClN2O5S/c1-13(17-12-15(26-2)7-8-18(17)27-3)22-19(23)9-10-21-28(24,25)16-6-4-5-14(20)11-16/h4-8,11-13,21H,9-10H2,1-3H3,(H,22,23). The van der Waals surface area contributed by atoms with E-state index in [2.05, 4.69) is 10.0 Å². The van der Waals surface area contributed by atoms with Crippen molar-refractivity contribution >= 4 is 27.5 Å². The number of carbonyl (C=O) groups excluding carboxylic acids is 1. The van der Waals surface area contributed by atoms with Gasteiger partial charge in [-0.2, -0.15) is 0 Å². The normalized spacial score (nSPS) is 12.3. The number of benzene rings is 2. The van der Waals surface area contributed by atoms with E-state index < -0.39 is 10.0 Å². The first-order valence-corrected chi connectivity index (χ1v) is 10.4. The minimum atomic E-state index is -3.73. The summed E-state index contributed by atoms with van der Waals surface area (Å²) in [6, 6.07) is 10.9. The highest BCUT2D eigenvalue weighted by atomic mass is 35.5. The van der Waals surface area contributed by atoms with Crippen LogP contribution in [0.2, 0.25) is 5.02 Å². The lowest BCUT2D eigenvalue weighted by molar-refractivity contribution is -0.121. The van der Waals surface area contributed by atoms with Crippen molar-refractivity contribution in [1.29, 1.82) is 0 Å². The maximum absolute atomic E-state index is 12.2. The largest absolute Gasteiger partial charge is 0.497 e. The maximum atomic E-state index is 12.2. The Morgan fingerprint density at radius 1 is 1.14 bits per heavy atom. The van der Waals surface area contributed by atoms with E-state index >= 15 is 0 Å². The Bertz CT molecular complexity index is 934. The van der Waals surface area contributed by atoms with Crippen LogP contribution in [0.15, 0.2) is 47.4 Å². The lowest BCUT2D eigenvalue weighted by atomic mass is 10.1. The lowest BCUT2D eigenvalue weighted by Gasteiger charge is -2.18. The van der Waals surface area contributed by atoms with Gasteiger partial charge in [-0.1, -0.05) is 17.7 Å². The second-order valence-corrected chi connectivity index (χ2v) is 8.21. The smallest absolute Gasteiger partial charge is 0.240 e. The molecule has 0 bridgehead atoms. The number of rotatable bonds is 9. The summed E-state index contributed by atoms with van der Waals surface area (Å²) >= 11 is 5.82. The van der Waals surface area contributed by atoms with Gasteiger partial charge in [0.2, 0.25) is 15.9 Å². The van der Waals surface area contributed by atoms with E-state index in [9.17, 15) is 13.2 Å². The molecule has 9 heteroatoms. The molecule has 1 atom stereocenters. The molecule has 2 rings (SSSR count). The molecular formula is C19H23ClN2O5S. The Hall–Kier alpha value is -2.29. The maximum Gasteiger partial charge on any atom is 0.240 e. The number of carbonyl (C=O) groups is 1. The average Bonchev–Trinajstić information content (AvgIpc) is 2.67. The first kappa shape index (κ1) is 22.0. The van der Waals surface area contributed by atoms with Crippen LogP contribution in [-0.2, 0) is 14.8 Å². The van der Waals surface area contributed by atoms with Gasteiger partial charge in [0.25, 0.3) is 0 Å². The molecule has 1 unspecified atom stereocenters. The second-order valence-electron chi connectivity index (χ2n) is 6.00. The fraction of sp³-hybridized carbons (Fsp3) is 0.316. The van der Waals surface area contributed by atoms with Gasteiger partial charge in [-0.15, -0.1) is 0 Å². The molecule has 0 spiro atoms. The molecule has 7 nitrogen and oxygen atoms in total. The van der Waals surface area contributed by atoms with Gasteiger partial charge in [-0.25, -0.2) is 13.1 Å². The van der Waals surface area contributed by atoms with E-state index in [-0.39, 0.29) is 29.8 Å². The predicted octanol–water partition coefficient (Wildman–Crippen LogP) is 2.90. The van der Waals surface area contributed by atoms with Gasteiger partial charge < -0.3 is 14.8 Å². The van der Waals surface area contributed by atoms with Crippen molar-refractivity contribution in [1.82, 2.24) is 10.0 Å². The van der Waals surface area contributed by atoms with Crippen LogP contribution in [0.5, 0.6) is 11.5 Å². The molecule has 0 heterocycles. The van der Waals surface area contributed by atoms with Gasteiger partial charge in [-0.3, -0.25) is 4.79 Å². The minimum Gasteiger partial charge on any atom is -0.497 e. The molecule has 0 saturated carbocycles. The Morgan fingerprint density at radius 2 is 1.89 bits per heavy atom. The summed E-state index contributed by atoms with van der Waals surface area (Å²) in [5.41, 5.74) is 0.759. The van der Waals surface area contributed by atoms with E-state index in [4.69, 9.17) is 21.1 Å². The quantitative estimate of drug-likeness (QED) is 0.643. The van der Waals surface area contributed by atoms with Gasteiger partial charge in [0.15, 0.2) is 0 Å². The number of halogens is 1. The van der Waals surface area contributed by atoms with Crippen molar-refractivity contribution in [2.75, 3.05) is 20.8 Å². The van der Waals surface area contributed by atoms with Crippen molar-refractivity contribution < 1.29 is 22.7 Å². The van der Waals surface area contributed by atoms with Crippen LogP contribution in [0.3, 0.4) is 0 Å². The summed E-state index contributed by atoms with van der Waals surface area (Å²) in [5.74, 6) is 0.965. The van der Waals surface area contributed by atoms with Crippen LogP contribution < -0.4 is 19.5 Å². The second kappa shape index (κ2) is 9.77. The van der Waals surface area contributed by atoms with E-state index in [1.165, 1.54) is 12.1 Å². The Balaban J connectivity index is 1.94. The summed E-state index contributed by atoms with van der Waals surface area (Å²) in [5, 5.41) is 3.15. The molecule has 2 N–H and O–H groups in total. The van der Waals surface area contributed by atoms with Crippen LogP contribution in [0.25, 0.3) is 0 Å². The van der Waals surface area contributed by atoms with Gasteiger partial charge in [0.1, 0.15) is 11.5 Å². The number of nitrogens with one attached hydrogen (secondary N) is 2. The molecule has 28 heavy (non-hydrogen) atoms. The number of amides is 1. The number of ether oxygens (including phenoxy) is 2. The third kappa shape index (κ3) is 5.85. The van der Waals surface area contributed by atoms with Gasteiger partial charge in [0.05, 0.1) is 25.2 Å². The third-order valence-corrected chi connectivity index (χ3v) is 5.73. The summed E-state index contributed by atoms with van der Waals surface area (Å²) in [7, 11) is -0.627. The molecule has 2 aromatic rings. The SMILES string of the molecule is COc1ccc(OC)c(C(C)NC(=O)CCNS(=O)(=O)c2cccc(Cl)c2)c1. The predicted molar refractivity (Wildman–Crippen MR) is 107 cm³/mol. The zero-order valence-corrected chi connectivity index (χ0v) is 17.4. The van der Waals surface area contributed by atoms with Gasteiger partial charge in [-0.05, 0) is 43.3 Å². The molecule has 0 aromatic heterocycles. The van der Waals surface area contributed by atoms with Crippen LogP contribution in [0.1, 0.15) is 24.9 Å². The van der Waals surface area contributed by atoms with Crippen LogP contribution in [0.4, 0.5) is 0 Å². The Labute approximate surface area is 170 Å². The van der Waals surface area contributed by atoms with Gasteiger partial charge in [0, 0.05) is 23.6 Å². The minimum absolute atomic E-state index is 0.0174. The summed E-state index contributed by atoms with van der Waals surface area (Å²) < 4.78 is 37.4. The van der Waals surface area contributed by atoms with Crippen LogP contribution in [0, 0.1) is 0 Å². The number of methoxy groups -OCH3 is 2. The zero-order valence-electron chi connectivity index (χ0n) is 15.9. The van der Waals surface area contributed by atoms with Crippen molar-refractivity contribution in [2.45, 2.75) is 24.3 Å². The van der Waals surface area contributed by atoms with E-state index in [0.29, 0.717) is 16.5 Å². The highest BCUT2D eigenvalue weighted by molar-refractivity contribution is 7.89. The van der Waals surface area contributed by atoms with Crippen molar-refractivity contribution in [3.8, 4) is 11.5 Å². The number of hydrogen-bond donors (Lipinski definition) is 2. The van der Waals surface area contributed by atoms with E-state index in [0.717, 1.165) is 5.56 Å². The molecule has 0 aliphatic rings. The molecule has 1 amide bonds. The molecule has 0 aliphatic carbocycles. The first-order chi connectivity index (χ1) is 13.3. The molecule has 152 valence electrons. The summed E-state index contributed by atoms with van der Waals surface area (Å²) in [6.45, 7) is 1.77. The summed E-state index contributed by atoms with van der Waals surface area (Å²) in [4.78, 5) is 12.3. The third-order valence-electron chi connectivity index (χ3n) is 4.03. The van der Waals surface area contributed by atoms with Gasteiger partial charge >= 0.3 is 0 Å². The molecular weight excluding hydrogens is 404 g/mol. The van der Waals surface area contributed by atoms with Crippen molar-refractivity contribution in [2.24, 2.45) is 0 Å².